The highest BCUT2D eigenvalue weighted by atomic mass is 32.2. The maximum Gasteiger partial charge on any atom is 0.326 e. The molecule has 0 saturated heterocycles. The van der Waals surface area contributed by atoms with Crippen LogP contribution in [-0.2, 0) is 14.8 Å². The zero-order valence-electron chi connectivity index (χ0n) is 13.1. The number of nitrogens with one attached hydrogen (secondary N) is 2. The molecule has 7 nitrogen and oxygen atoms in total. The third-order valence-corrected chi connectivity index (χ3v) is 5.13. The van der Waals surface area contributed by atoms with E-state index in [1.165, 1.54) is 24.3 Å². The summed E-state index contributed by atoms with van der Waals surface area (Å²) < 4.78 is 26.7. The van der Waals surface area contributed by atoms with Gasteiger partial charge in [-0.3, -0.25) is 4.79 Å². The van der Waals surface area contributed by atoms with Gasteiger partial charge in [0, 0.05) is 11.6 Å². The average molecular weight is 352 g/mol. The first-order valence-corrected chi connectivity index (χ1v) is 9.09. The van der Waals surface area contributed by atoms with Crippen LogP contribution in [0, 0.1) is 0 Å². The topological polar surface area (TPSA) is 113 Å². The molecule has 0 bridgehead atoms. The number of benzene rings is 1. The number of carbonyl (C=O) groups is 2. The average Bonchev–Trinajstić information content (AvgIpc) is 3.34. The number of carboxylic acids is 1. The molecular weight excluding hydrogens is 332 g/mol. The van der Waals surface area contributed by atoms with Gasteiger partial charge in [-0.05, 0) is 49.9 Å². The Kier molecular flexibility index (Phi) is 5.74. The van der Waals surface area contributed by atoms with Crippen LogP contribution in [0.2, 0.25) is 0 Å². The van der Waals surface area contributed by atoms with Crippen LogP contribution in [0.25, 0.3) is 0 Å². The van der Waals surface area contributed by atoms with Crippen LogP contribution >= 0.6 is 0 Å². The van der Waals surface area contributed by atoms with Crippen LogP contribution < -0.4 is 10.0 Å². The standard InChI is InChI=1S/C16H20N2O5S/c1-2-3-4-14(16(20)21)17-15(19)11-5-9-13(10-6-11)24(22,23)18-12-7-8-12/h2,5-6,9-10,12,14,18H,1,3-4,7-8H2,(H,17,19)(H,20,21). The number of amides is 1. The molecule has 1 aromatic rings. The van der Waals surface area contributed by atoms with E-state index in [4.69, 9.17) is 5.11 Å². The molecule has 1 saturated carbocycles. The quantitative estimate of drug-likeness (QED) is 0.580. The normalized spacial score (nSPS) is 15.5. The molecule has 0 heterocycles. The zero-order valence-corrected chi connectivity index (χ0v) is 13.9. The minimum atomic E-state index is -3.57. The second kappa shape index (κ2) is 7.59. The van der Waals surface area contributed by atoms with E-state index in [-0.39, 0.29) is 22.9 Å². The van der Waals surface area contributed by atoms with Crippen molar-refractivity contribution in [2.45, 2.75) is 42.7 Å². The second-order valence-corrected chi connectivity index (χ2v) is 7.36. The number of sulfonamides is 1. The monoisotopic (exact) mass is 352 g/mol. The molecule has 1 atom stereocenters. The highest BCUT2D eigenvalue weighted by molar-refractivity contribution is 7.89. The third kappa shape index (κ3) is 4.90. The molecule has 1 unspecified atom stereocenters. The molecule has 0 aromatic heterocycles. The Labute approximate surface area is 140 Å². The number of carboxylic acid groups (broad SMARTS) is 1. The van der Waals surface area contributed by atoms with Gasteiger partial charge in [0.1, 0.15) is 6.04 Å². The Bertz CT molecular complexity index is 723. The summed E-state index contributed by atoms with van der Waals surface area (Å²) in [5.41, 5.74) is 0.199. The van der Waals surface area contributed by atoms with Crippen LogP contribution in [0.3, 0.4) is 0 Å². The molecule has 1 aromatic carbocycles. The molecule has 130 valence electrons. The Hall–Kier alpha value is -2.19. The van der Waals surface area contributed by atoms with Gasteiger partial charge in [-0.25, -0.2) is 17.9 Å². The fourth-order valence-electron chi connectivity index (χ4n) is 2.06. The van der Waals surface area contributed by atoms with Crippen molar-refractivity contribution < 1.29 is 23.1 Å². The molecule has 24 heavy (non-hydrogen) atoms. The minimum Gasteiger partial charge on any atom is -0.480 e. The SMILES string of the molecule is C=CCCC(NC(=O)c1ccc(S(=O)(=O)NC2CC2)cc1)C(=O)O. The van der Waals surface area contributed by atoms with Crippen molar-refractivity contribution in [1.29, 1.82) is 0 Å². The predicted octanol–water partition coefficient (Wildman–Crippen LogP) is 1.28. The van der Waals surface area contributed by atoms with Gasteiger partial charge >= 0.3 is 5.97 Å². The second-order valence-electron chi connectivity index (χ2n) is 5.65. The lowest BCUT2D eigenvalue weighted by Gasteiger charge is -2.14. The molecule has 3 N–H and O–H groups in total. The van der Waals surface area contributed by atoms with Gasteiger partial charge in [-0.1, -0.05) is 6.08 Å². The highest BCUT2D eigenvalue weighted by Gasteiger charge is 2.28. The maximum atomic E-state index is 12.1. The van der Waals surface area contributed by atoms with Gasteiger partial charge in [0.2, 0.25) is 10.0 Å². The molecule has 1 amide bonds. The van der Waals surface area contributed by atoms with Crippen LogP contribution in [0.4, 0.5) is 0 Å². The van der Waals surface area contributed by atoms with Crippen molar-refractivity contribution in [2.75, 3.05) is 0 Å². The fraction of sp³-hybridized carbons (Fsp3) is 0.375. The van der Waals surface area contributed by atoms with E-state index >= 15 is 0 Å². The predicted molar refractivity (Wildman–Crippen MR) is 88.1 cm³/mol. The Morgan fingerprint density at radius 3 is 2.42 bits per heavy atom. The number of allylic oxidation sites excluding steroid dienone is 1. The molecule has 0 aliphatic heterocycles. The largest absolute Gasteiger partial charge is 0.480 e. The summed E-state index contributed by atoms with van der Waals surface area (Å²) in [6.07, 6.45) is 3.94. The van der Waals surface area contributed by atoms with E-state index in [0.29, 0.717) is 6.42 Å². The number of carbonyl (C=O) groups excluding carboxylic acids is 1. The van der Waals surface area contributed by atoms with E-state index < -0.39 is 27.9 Å². The molecule has 0 spiro atoms. The summed E-state index contributed by atoms with van der Waals surface area (Å²) in [5.74, 6) is -1.69. The summed E-state index contributed by atoms with van der Waals surface area (Å²) in [7, 11) is -3.57. The molecule has 2 rings (SSSR count). The minimum absolute atomic E-state index is 0.000778. The van der Waals surface area contributed by atoms with Crippen molar-refractivity contribution in [1.82, 2.24) is 10.0 Å². The zero-order chi connectivity index (χ0) is 17.7. The third-order valence-electron chi connectivity index (χ3n) is 3.59. The first kappa shape index (κ1) is 18.2. The van der Waals surface area contributed by atoms with Crippen LogP contribution in [0.1, 0.15) is 36.0 Å². The summed E-state index contributed by atoms with van der Waals surface area (Å²) in [6.45, 7) is 3.52. The van der Waals surface area contributed by atoms with Gasteiger partial charge in [0.15, 0.2) is 0 Å². The first-order valence-electron chi connectivity index (χ1n) is 7.60. The molecule has 1 aliphatic rings. The van der Waals surface area contributed by atoms with E-state index in [0.717, 1.165) is 12.8 Å². The van der Waals surface area contributed by atoms with E-state index in [1.54, 1.807) is 6.08 Å². The molecule has 8 heteroatoms. The van der Waals surface area contributed by atoms with E-state index in [2.05, 4.69) is 16.6 Å². The Balaban J connectivity index is 2.04. The lowest BCUT2D eigenvalue weighted by atomic mass is 10.1. The Morgan fingerprint density at radius 2 is 1.92 bits per heavy atom. The van der Waals surface area contributed by atoms with Crippen LogP contribution in [0.15, 0.2) is 41.8 Å². The van der Waals surface area contributed by atoms with Crippen molar-refractivity contribution >= 4 is 21.9 Å². The fourth-order valence-corrected chi connectivity index (χ4v) is 3.36. The van der Waals surface area contributed by atoms with Crippen molar-refractivity contribution in [3.8, 4) is 0 Å². The smallest absolute Gasteiger partial charge is 0.326 e. The number of hydrogen-bond acceptors (Lipinski definition) is 4. The lowest BCUT2D eigenvalue weighted by Crippen LogP contribution is -2.40. The van der Waals surface area contributed by atoms with Gasteiger partial charge in [0.05, 0.1) is 4.90 Å². The van der Waals surface area contributed by atoms with Crippen molar-refractivity contribution in [3.05, 3.63) is 42.5 Å². The van der Waals surface area contributed by atoms with E-state index in [9.17, 15) is 18.0 Å². The Morgan fingerprint density at radius 1 is 1.29 bits per heavy atom. The highest BCUT2D eigenvalue weighted by Crippen LogP contribution is 2.22. The summed E-state index contributed by atoms with van der Waals surface area (Å²) in [6, 6.07) is 4.37. The van der Waals surface area contributed by atoms with Gasteiger partial charge in [-0.15, -0.1) is 6.58 Å². The molecule has 1 aliphatic carbocycles. The van der Waals surface area contributed by atoms with Crippen molar-refractivity contribution in [2.24, 2.45) is 0 Å². The number of hydrogen-bond donors (Lipinski definition) is 3. The number of aliphatic carboxylic acids is 1. The summed E-state index contributed by atoms with van der Waals surface area (Å²) in [5, 5.41) is 11.5. The van der Waals surface area contributed by atoms with Crippen LogP contribution in [0.5, 0.6) is 0 Å². The summed E-state index contributed by atoms with van der Waals surface area (Å²) >= 11 is 0. The van der Waals surface area contributed by atoms with Crippen LogP contribution in [-0.4, -0.2) is 37.5 Å². The number of rotatable bonds is 9. The first-order chi connectivity index (χ1) is 11.3. The molecular formula is C16H20N2O5S. The van der Waals surface area contributed by atoms with Gasteiger partial charge < -0.3 is 10.4 Å². The van der Waals surface area contributed by atoms with Gasteiger partial charge in [0.25, 0.3) is 5.91 Å². The van der Waals surface area contributed by atoms with Gasteiger partial charge in [-0.2, -0.15) is 0 Å². The summed E-state index contributed by atoms with van der Waals surface area (Å²) in [4.78, 5) is 23.3. The maximum absolute atomic E-state index is 12.1. The molecule has 1 fully saturated rings. The lowest BCUT2D eigenvalue weighted by molar-refractivity contribution is -0.139. The van der Waals surface area contributed by atoms with Crippen molar-refractivity contribution in [3.63, 3.8) is 0 Å². The van der Waals surface area contributed by atoms with E-state index in [1.807, 2.05) is 0 Å². The molecule has 0 radical (unpaired) electrons.